The van der Waals surface area contributed by atoms with E-state index in [1.165, 1.54) is 24.4 Å². The van der Waals surface area contributed by atoms with E-state index in [0.717, 1.165) is 18.1 Å². The van der Waals surface area contributed by atoms with Crippen LogP contribution < -0.4 is 10.2 Å². The Balaban J connectivity index is 1.72. The van der Waals surface area contributed by atoms with Gasteiger partial charge in [-0.1, -0.05) is 12.1 Å². The van der Waals surface area contributed by atoms with Crippen molar-refractivity contribution in [3.63, 3.8) is 0 Å². The normalized spacial score (nSPS) is 11.3. The van der Waals surface area contributed by atoms with Crippen LogP contribution in [0, 0.1) is 0 Å². The maximum Gasteiger partial charge on any atom is 0.418 e. The third kappa shape index (κ3) is 4.90. The summed E-state index contributed by atoms with van der Waals surface area (Å²) in [4.78, 5) is 10.1. The molecule has 0 spiro atoms. The number of nitrogens with zero attached hydrogens (tertiary/aromatic N) is 5. The number of anilines is 3. The summed E-state index contributed by atoms with van der Waals surface area (Å²) >= 11 is 0. The minimum Gasteiger partial charge on any atom is -0.358 e. The van der Waals surface area contributed by atoms with Crippen molar-refractivity contribution in [2.24, 2.45) is 0 Å². The fourth-order valence-electron chi connectivity index (χ4n) is 2.45. The second kappa shape index (κ2) is 7.98. The zero-order valence-electron chi connectivity index (χ0n) is 14.5. The third-order valence-corrected chi connectivity index (χ3v) is 3.90. The molecule has 0 fully saturated rings. The van der Waals surface area contributed by atoms with E-state index in [4.69, 9.17) is 0 Å². The summed E-state index contributed by atoms with van der Waals surface area (Å²) in [6.45, 7) is 0.654. The molecule has 0 saturated carbocycles. The lowest BCUT2D eigenvalue weighted by Gasteiger charge is -2.18. The molecule has 9 heteroatoms. The molecule has 1 aromatic carbocycles. The fourth-order valence-corrected chi connectivity index (χ4v) is 2.45. The minimum atomic E-state index is -4.48. The van der Waals surface area contributed by atoms with E-state index < -0.39 is 11.7 Å². The molecular weight excluding hydrogens is 357 g/mol. The quantitative estimate of drug-likeness (QED) is 0.710. The molecule has 0 radical (unpaired) electrons. The van der Waals surface area contributed by atoms with E-state index in [1.54, 1.807) is 12.4 Å². The lowest BCUT2D eigenvalue weighted by atomic mass is 10.1. The number of aromatic nitrogens is 4. The van der Waals surface area contributed by atoms with E-state index in [-0.39, 0.29) is 11.6 Å². The molecule has 140 valence electrons. The van der Waals surface area contributed by atoms with Gasteiger partial charge in [-0.15, -0.1) is 5.10 Å². The van der Waals surface area contributed by atoms with Crippen LogP contribution >= 0.6 is 0 Å². The van der Waals surface area contributed by atoms with Crippen LogP contribution in [0.25, 0.3) is 0 Å². The Morgan fingerprint density at radius 2 is 1.81 bits per heavy atom. The van der Waals surface area contributed by atoms with E-state index in [0.29, 0.717) is 12.4 Å². The molecule has 0 aliphatic carbocycles. The highest BCUT2D eigenvalue weighted by molar-refractivity contribution is 5.60. The number of pyridine rings is 1. The van der Waals surface area contributed by atoms with Gasteiger partial charge in [0.1, 0.15) is 0 Å². The second-order valence-corrected chi connectivity index (χ2v) is 5.83. The van der Waals surface area contributed by atoms with Gasteiger partial charge < -0.3 is 10.2 Å². The molecule has 3 aromatic rings. The predicted molar refractivity (Wildman–Crippen MR) is 95.8 cm³/mol. The third-order valence-electron chi connectivity index (χ3n) is 3.90. The summed E-state index contributed by atoms with van der Waals surface area (Å²) in [7, 11) is 1.83. The number of likely N-dealkylation sites (N-methyl/N-ethyl adjacent to an activating group) is 1. The van der Waals surface area contributed by atoms with Crippen LogP contribution in [0.4, 0.5) is 30.6 Å². The molecule has 0 saturated heterocycles. The highest BCUT2D eigenvalue weighted by Gasteiger charge is 2.33. The number of benzene rings is 1. The lowest BCUT2D eigenvalue weighted by Crippen LogP contribution is -2.22. The molecule has 0 unspecified atom stereocenters. The number of hydrogen-bond acceptors (Lipinski definition) is 6. The lowest BCUT2D eigenvalue weighted by molar-refractivity contribution is -0.136. The van der Waals surface area contributed by atoms with Crippen LogP contribution in [0.3, 0.4) is 0 Å². The smallest absolute Gasteiger partial charge is 0.358 e. The van der Waals surface area contributed by atoms with Crippen LogP contribution in [-0.4, -0.2) is 33.8 Å². The van der Waals surface area contributed by atoms with Gasteiger partial charge in [-0.25, -0.2) is 0 Å². The molecule has 6 nitrogen and oxygen atoms in total. The summed E-state index contributed by atoms with van der Waals surface area (Å²) in [5.41, 5.74) is 0.213. The zero-order chi connectivity index (χ0) is 19.3. The van der Waals surface area contributed by atoms with Gasteiger partial charge in [0, 0.05) is 26.0 Å². The van der Waals surface area contributed by atoms with Crippen molar-refractivity contribution in [1.29, 1.82) is 0 Å². The van der Waals surface area contributed by atoms with Gasteiger partial charge in [0.2, 0.25) is 5.95 Å². The van der Waals surface area contributed by atoms with E-state index >= 15 is 0 Å². The standard InChI is InChI=1S/C18H17F3N6/c1-27(11-8-13-6-9-22-10-7-13)16-12-23-26-17(25-16)24-15-5-3-2-4-14(15)18(19,20)21/h2-7,9-10,12H,8,11H2,1H3,(H,24,25,26). The van der Waals surface area contributed by atoms with Crippen LogP contribution in [0.5, 0.6) is 0 Å². The molecule has 3 rings (SSSR count). The molecule has 0 aliphatic heterocycles. The Bertz CT molecular complexity index is 886. The summed E-state index contributed by atoms with van der Waals surface area (Å²) < 4.78 is 39.3. The number of para-hydroxylation sites is 1. The molecular formula is C18H17F3N6. The summed E-state index contributed by atoms with van der Waals surface area (Å²) in [6, 6.07) is 9.01. The maximum atomic E-state index is 13.1. The Morgan fingerprint density at radius 1 is 1.07 bits per heavy atom. The number of nitrogens with one attached hydrogen (secondary N) is 1. The Kier molecular flexibility index (Phi) is 5.49. The monoisotopic (exact) mass is 374 g/mol. The summed E-state index contributed by atoms with van der Waals surface area (Å²) in [5.74, 6) is 0.506. The van der Waals surface area contributed by atoms with Crippen LogP contribution in [0.1, 0.15) is 11.1 Å². The molecule has 2 heterocycles. The topological polar surface area (TPSA) is 66.8 Å². The van der Waals surface area contributed by atoms with Crippen LogP contribution in [0.2, 0.25) is 0 Å². The van der Waals surface area contributed by atoms with Gasteiger partial charge in [-0.3, -0.25) is 4.98 Å². The average Bonchev–Trinajstić information content (AvgIpc) is 2.67. The number of alkyl halides is 3. The molecule has 1 N–H and O–H groups in total. The van der Waals surface area contributed by atoms with Crippen molar-refractivity contribution >= 4 is 17.5 Å². The highest BCUT2D eigenvalue weighted by atomic mass is 19.4. The second-order valence-electron chi connectivity index (χ2n) is 5.83. The first kappa shape index (κ1) is 18.6. The zero-order valence-corrected chi connectivity index (χ0v) is 14.5. The van der Waals surface area contributed by atoms with Crippen LogP contribution in [-0.2, 0) is 12.6 Å². The highest BCUT2D eigenvalue weighted by Crippen LogP contribution is 2.35. The largest absolute Gasteiger partial charge is 0.418 e. The average molecular weight is 374 g/mol. The molecule has 2 aromatic heterocycles. The van der Waals surface area contributed by atoms with Gasteiger partial charge in [0.25, 0.3) is 0 Å². The first-order valence-corrected chi connectivity index (χ1v) is 8.16. The Hall–Kier alpha value is -3.23. The number of hydrogen-bond donors (Lipinski definition) is 1. The van der Waals surface area contributed by atoms with Gasteiger partial charge >= 0.3 is 6.18 Å². The SMILES string of the molecule is CN(CCc1ccncc1)c1cnnc(Nc2ccccc2C(F)(F)F)n1. The molecule has 27 heavy (non-hydrogen) atoms. The van der Waals surface area contributed by atoms with Gasteiger partial charge in [0.15, 0.2) is 5.82 Å². The van der Waals surface area contributed by atoms with E-state index in [1.807, 2.05) is 24.1 Å². The van der Waals surface area contributed by atoms with Crippen molar-refractivity contribution in [3.05, 3.63) is 66.1 Å². The minimum absolute atomic E-state index is 0.0000360. The fraction of sp³-hybridized carbons (Fsp3) is 0.222. The van der Waals surface area contributed by atoms with E-state index in [9.17, 15) is 13.2 Å². The van der Waals surface area contributed by atoms with Gasteiger partial charge in [-0.05, 0) is 36.2 Å². The van der Waals surface area contributed by atoms with Gasteiger partial charge in [0.05, 0.1) is 17.4 Å². The Labute approximate surface area is 154 Å². The van der Waals surface area contributed by atoms with E-state index in [2.05, 4.69) is 25.5 Å². The molecule has 0 atom stereocenters. The number of halogens is 3. The van der Waals surface area contributed by atoms with Crippen molar-refractivity contribution in [2.45, 2.75) is 12.6 Å². The van der Waals surface area contributed by atoms with Crippen molar-refractivity contribution in [3.8, 4) is 0 Å². The number of rotatable bonds is 6. The van der Waals surface area contributed by atoms with Crippen molar-refractivity contribution in [1.82, 2.24) is 20.2 Å². The van der Waals surface area contributed by atoms with Crippen molar-refractivity contribution in [2.75, 3.05) is 23.8 Å². The maximum absolute atomic E-state index is 13.1. The molecule has 0 aliphatic rings. The summed E-state index contributed by atoms with van der Waals surface area (Å²) in [6.07, 6.45) is 1.20. The van der Waals surface area contributed by atoms with Crippen LogP contribution in [0.15, 0.2) is 55.0 Å². The van der Waals surface area contributed by atoms with Crippen molar-refractivity contribution < 1.29 is 13.2 Å². The predicted octanol–water partition coefficient (Wildman–Crippen LogP) is 3.71. The molecule has 0 amide bonds. The van der Waals surface area contributed by atoms with Gasteiger partial charge in [-0.2, -0.15) is 23.3 Å². The Morgan fingerprint density at radius 3 is 2.56 bits per heavy atom. The summed E-state index contributed by atoms with van der Waals surface area (Å²) in [5, 5.41) is 10.2. The molecule has 0 bridgehead atoms. The first-order valence-electron chi connectivity index (χ1n) is 8.16. The first-order chi connectivity index (χ1) is 12.9.